The Hall–Kier alpha value is -5.22. The third-order valence-corrected chi connectivity index (χ3v) is 7.89. The summed E-state index contributed by atoms with van der Waals surface area (Å²) in [6.45, 7) is 0.599. The Bertz CT molecular complexity index is 1820. The second-order valence-electron chi connectivity index (χ2n) is 9.99. The van der Waals surface area contributed by atoms with Crippen LogP contribution in [0.15, 0.2) is 113 Å². The number of carboxylic acids is 1. The SMILES string of the molecule is CO/N=C(\c1ccccc1)c1ccc2c(c1)sc(=O)n2CCOc1ccc(CC(NC(=O)Cc2ccccc2)C(=O)[O-])cc1. The van der Waals surface area contributed by atoms with Crippen molar-refractivity contribution in [3.63, 3.8) is 0 Å². The Morgan fingerprint density at radius 2 is 1.61 bits per heavy atom. The van der Waals surface area contributed by atoms with Gasteiger partial charge < -0.3 is 24.8 Å². The van der Waals surface area contributed by atoms with E-state index in [4.69, 9.17) is 9.57 Å². The fraction of sp³-hybridized carbons (Fsp3) is 0.176. The second-order valence-corrected chi connectivity index (χ2v) is 11.0. The lowest BCUT2D eigenvalue weighted by atomic mass is 10.0. The lowest BCUT2D eigenvalue weighted by molar-refractivity contribution is -0.308. The summed E-state index contributed by atoms with van der Waals surface area (Å²) in [7, 11) is 1.50. The molecule has 5 rings (SSSR count). The maximum atomic E-state index is 12.8. The fourth-order valence-electron chi connectivity index (χ4n) is 4.82. The second kappa shape index (κ2) is 14.3. The monoisotopic (exact) mass is 608 g/mol. The van der Waals surface area contributed by atoms with Crippen LogP contribution < -0.4 is 20.0 Å². The maximum Gasteiger partial charge on any atom is 0.308 e. The van der Waals surface area contributed by atoms with Gasteiger partial charge in [-0.05, 0) is 41.8 Å². The first-order valence-electron chi connectivity index (χ1n) is 14.0. The van der Waals surface area contributed by atoms with Gasteiger partial charge in [0.05, 0.1) is 35.2 Å². The number of rotatable bonds is 13. The number of carbonyl (C=O) groups is 2. The minimum absolute atomic E-state index is 0.0719. The number of nitrogens with one attached hydrogen (secondary N) is 1. The molecular formula is C34H30N3O6S-. The highest BCUT2D eigenvalue weighted by molar-refractivity contribution is 7.16. The molecular weight excluding hydrogens is 578 g/mol. The maximum absolute atomic E-state index is 12.8. The zero-order valence-corrected chi connectivity index (χ0v) is 24.8. The first-order valence-corrected chi connectivity index (χ1v) is 14.8. The number of hydrogen-bond acceptors (Lipinski definition) is 8. The predicted molar refractivity (Wildman–Crippen MR) is 168 cm³/mol. The van der Waals surface area contributed by atoms with Crippen LogP contribution in [-0.4, -0.2) is 41.9 Å². The number of thiazole rings is 1. The smallest absolute Gasteiger partial charge is 0.308 e. The number of nitrogens with zero attached hydrogens (tertiary/aromatic N) is 2. The van der Waals surface area contributed by atoms with Crippen molar-refractivity contribution in [2.75, 3.05) is 13.7 Å². The Labute approximate surface area is 258 Å². The summed E-state index contributed by atoms with van der Waals surface area (Å²) in [6.07, 6.45) is 0.153. The topological polar surface area (TPSA) is 122 Å². The third-order valence-electron chi connectivity index (χ3n) is 6.95. The standard InChI is InChI=1S/C34H31N3O6S/c1-42-36-32(25-10-6-3-7-11-25)26-14-17-29-30(22-26)44-34(41)37(29)18-19-43-27-15-12-24(13-16-27)20-28(33(39)40)35-31(38)21-23-8-4-2-5-9-23/h2-17,22,28H,18-21H2,1H3,(H,35,38)(H,39,40)/p-1/b36-32+. The number of carbonyl (C=O) groups excluding carboxylic acids is 2. The minimum atomic E-state index is -1.35. The molecule has 0 aliphatic heterocycles. The summed E-state index contributed by atoms with van der Waals surface area (Å²) in [5.41, 5.74) is 4.72. The van der Waals surface area contributed by atoms with Gasteiger partial charge in [-0.2, -0.15) is 0 Å². The average Bonchev–Trinajstić information content (AvgIpc) is 3.35. The summed E-state index contributed by atoms with van der Waals surface area (Å²) in [6, 6.07) is 30.3. The van der Waals surface area contributed by atoms with E-state index in [-0.39, 0.29) is 24.3 Å². The van der Waals surface area contributed by atoms with Gasteiger partial charge in [-0.1, -0.05) is 95.4 Å². The van der Waals surface area contributed by atoms with Gasteiger partial charge in [0.25, 0.3) is 0 Å². The number of aliphatic carboxylic acids is 1. The molecule has 9 nitrogen and oxygen atoms in total. The molecule has 5 aromatic rings. The average molecular weight is 609 g/mol. The Kier molecular flexibility index (Phi) is 9.83. The number of hydrogen-bond donors (Lipinski definition) is 1. The number of carboxylic acid groups (broad SMARTS) is 1. The van der Waals surface area contributed by atoms with Gasteiger partial charge >= 0.3 is 4.87 Å². The van der Waals surface area contributed by atoms with Crippen LogP contribution in [0.3, 0.4) is 0 Å². The molecule has 1 aromatic heterocycles. The van der Waals surface area contributed by atoms with E-state index in [0.29, 0.717) is 23.6 Å². The van der Waals surface area contributed by atoms with Gasteiger partial charge in [-0.3, -0.25) is 14.2 Å². The molecule has 224 valence electrons. The summed E-state index contributed by atoms with van der Waals surface area (Å²) in [4.78, 5) is 41.9. The molecule has 1 atom stereocenters. The van der Waals surface area contributed by atoms with E-state index in [1.165, 1.54) is 7.11 Å². The molecule has 0 radical (unpaired) electrons. The van der Waals surface area contributed by atoms with Crippen molar-refractivity contribution in [3.05, 3.63) is 135 Å². The first kappa shape index (κ1) is 30.2. The highest BCUT2D eigenvalue weighted by atomic mass is 32.1. The minimum Gasteiger partial charge on any atom is -0.548 e. The summed E-state index contributed by atoms with van der Waals surface area (Å²) in [5.74, 6) is -1.17. The number of aromatic nitrogens is 1. The van der Waals surface area contributed by atoms with E-state index in [1.54, 1.807) is 41.0 Å². The Morgan fingerprint density at radius 1 is 0.909 bits per heavy atom. The van der Waals surface area contributed by atoms with Crippen LogP contribution in [0.2, 0.25) is 0 Å². The van der Waals surface area contributed by atoms with Crippen LogP contribution in [0.5, 0.6) is 5.75 Å². The lowest BCUT2D eigenvalue weighted by Gasteiger charge is -2.20. The van der Waals surface area contributed by atoms with Crippen molar-refractivity contribution in [3.8, 4) is 5.75 Å². The van der Waals surface area contributed by atoms with Crippen LogP contribution in [-0.2, 0) is 33.8 Å². The number of benzene rings is 4. The molecule has 1 amide bonds. The van der Waals surface area contributed by atoms with E-state index in [2.05, 4.69) is 10.5 Å². The molecule has 1 unspecified atom stereocenters. The quantitative estimate of drug-likeness (QED) is 0.161. The van der Waals surface area contributed by atoms with Gasteiger partial charge in [-0.25, -0.2) is 0 Å². The van der Waals surface area contributed by atoms with Gasteiger partial charge in [0.15, 0.2) is 0 Å². The zero-order valence-electron chi connectivity index (χ0n) is 24.0. The van der Waals surface area contributed by atoms with Crippen molar-refractivity contribution >= 4 is 39.1 Å². The van der Waals surface area contributed by atoms with Gasteiger partial charge in [-0.15, -0.1) is 0 Å². The summed E-state index contributed by atoms with van der Waals surface area (Å²) in [5, 5.41) is 18.4. The molecule has 1 N–H and O–H groups in total. The van der Waals surface area contributed by atoms with Crippen molar-refractivity contribution < 1.29 is 24.3 Å². The van der Waals surface area contributed by atoms with Crippen molar-refractivity contribution in [1.29, 1.82) is 0 Å². The molecule has 0 bridgehead atoms. The van der Waals surface area contributed by atoms with Crippen LogP contribution >= 0.6 is 11.3 Å². The van der Waals surface area contributed by atoms with E-state index in [0.717, 1.165) is 38.2 Å². The molecule has 44 heavy (non-hydrogen) atoms. The highest BCUT2D eigenvalue weighted by Crippen LogP contribution is 2.22. The summed E-state index contributed by atoms with van der Waals surface area (Å²) < 4.78 is 8.39. The van der Waals surface area contributed by atoms with Crippen molar-refractivity contribution in [2.45, 2.75) is 25.4 Å². The molecule has 1 heterocycles. The van der Waals surface area contributed by atoms with Crippen molar-refractivity contribution in [2.24, 2.45) is 5.16 Å². The largest absolute Gasteiger partial charge is 0.548 e. The molecule has 4 aromatic carbocycles. The Balaban J connectivity index is 1.19. The first-order chi connectivity index (χ1) is 21.4. The number of ether oxygens (including phenoxy) is 1. The van der Waals surface area contributed by atoms with Crippen molar-refractivity contribution in [1.82, 2.24) is 9.88 Å². The molecule has 0 aliphatic rings. The predicted octanol–water partition coefficient (Wildman–Crippen LogP) is 3.56. The Morgan fingerprint density at radius 3 is 2.30 bits per heavy atom. The van der Waals surface area contributed by atoms with Gasteiger partial charge in [0.2, 0.25) is 5.91 Å². The van der Waals surface area contributed by atoms with Crippen LogP contribution in [0.1, 0.15) is 22.3 Å². The molecule has 0 spiro atoms. The third kappa shape index (κ3) is 7.59. The van der Waals surface area contributed by atoms with Crippen LogP contribution in [0, 0.1) is 0 Å². The van der Waals surface area contributed by atoms with E-state index >= 15 is 0 Å². The van der Waals surface area contributed by atoms with E-state index in [1.807, 2.05) is 66.7 Å². The number of oxime groups is 1. The highest BCUT2D eigenvalue weighted by Gasteiger charge is 2.16. The molecule has 0 aliphatic carbocycles. The molecule has 0 saturated carbocycles. The van der Waals surface area contributed by atoms with E-state index in [9.17, 15) is 19.5 Å². The molecule has 10 heteroatoms. The van der Waals surface area contributed by atoms with Gasteiger partial charge in [0, 0.05) is 11.1 Å². The molecule has 0 fully saturated rings. The lowest BCUT2D eigenvalue weighted by Crippen LogP contribution is -2.49. The summed E-state index contributed by atoms with van der Waals surface area (Å²) >= 11 is 1.16. The fourth-order valence-corrected chi connectivity index (χ4v) is 5.77. The normalized spacial score (nSPS) is 12.1. The van der Waals surface area contributed by atoms with Crippen LogP contribution in [0.25, 0.3) is 10.2 Å². The van der Waals surface area contributed by atoms with Crippen LogP contribution in [0.4, 0.5) is 0 Å². The molecule has 0 saturated heterocycles. The zero-order chi connectivity index (χ0) is 30.9. The van der Waals surface area contributed by atoms with Gasteiger partial charge in [0.1, 0.15) is 25.2 Å². The number of fused-ring (bicyclic) bond motifs is 1. The van der Waals surface area contributed by atoms with E-state index < -0.39 is 17.9 Å². The number of amides is 1.